The molecule has 1 saturated heterocycles. The van der Waals surface area contributed by atoms with Gasteiger partial charge in [-0.1, -0.05) is 6.92 Å². The van der Waals surface area contributed by atoms with Gasteiger partial charge in [0.15, 0.2) is 0 Å². The number of rotatable bonds is 2. The second-order valence-electron chi connectivity index (χ2n) is 3.32. The van der Waals surface area contributed by atoms with Gasteiger partial charge in [-0.3, -0.25) is 4.39 Å². The van der Waals surface area contributed by atoms with Gasteiger partial charge in [-0.2, -0.15) is 0 Å². The third kappa shape index (κ3) is 2.14. The van der Waals surface area contributed by atoms with Gasteiger partial charge in [0.05, 0.1) is 12.8 Å². The van der Waals surface area contributed by atoms with Crippen molar-refractivity contribution in [3.63, 3.8) is 0 Å². The molecule has 0 bridgehead atoms. The number of aliphatic hydroxyl groups is 1. The van der Waals surface area contributed by atoms with E-state index in [4.69, 9.17) is 0 Å². The maximum absolute atomic E-state index is 12.0. The van der Waals surface area contributed by atoms with Gasteiger partial charge in [0.1, 0.15) is 0 Å². The van der Waals surface area contributed by atoms with Crippen LogP contribution in [0.3, 0.4) is 0 Å². The van der Waals surface area contributed by atoms with Crippen molar-refractivity contribution in [3.05, 3.63) is 0 Å². The molecule has 0 amide bonds. The standard InChI is InChI=1S/C8H16FNO/c1-6-7(2-3-9)4-10-5-8(6)11/h6-8,10-11H,2-5H2,1H3/t6-,7+,8-/m1/s1. The van der Waals surface area contributed by atoms with Gasteiger partial charge in [-0.25, -0.2) is 0 Å². The Balaban J connectivity index is 2.38. The van der Waals surface area contributed by atoms with Crippen LogP contribution in [0.2, 0.25) is 0 Å². The monoisotopic (exact) mass is 161 g/mol. The average Bonchev–Trinajstić information content (AvgIpc) is 1.99. The van der Waals surface area contributed by atoms with Crippen molar-refractivity contribution < 1.29 is 9.50 Å². The molecule has 11 heavy (non-hydrogen) atoms. The van der Waals surface area contributed by atoms with Crippen LogP contribution in [-0.2, 0) is 0 Å². The second kappa shape index (κ2) is 4.02. The number of nitrogens with one attached hydrogen (secondary N) is 1. The van der Waals surface area contributed by atoms with Gasteiger partial charge in [-0.05, 0) is 24.8 Å². The minimum Gasteiger partial charge on any atom is -0.392 e. The molecule has 0 aromatic rings. The molecule has 0 aromatic carbocycles. The van der Waals surface area contributed by atoms with Gasteiger partial charge in [0.2, 0.25) is 0 Å². The van der Waals surface area contributed by atoms with E-state index >= 15 is 0 Å². The van der Waals surface area contributed by atoms with E-state index in [2.05, 4.69) is 5.32 Å². The fraction of sp³-hybridized carbons (Fsp3) is 1.00. The Morgan fingerprint density at radius 3 is 2.91 bits per heavy atom. The fourth-order valence-electron chi connectivity index (χ4n) is 1.61. The highest BCUT2D eigenvalue weighted by atomic mass is 19.1. The predicted octanol–water partition coefficient (Wildman–Crippen LogP) is 0.562. The lowest BCUT2D eigenvalue weighted by Gasteiger charge is -2.33. The summed E-state index contributed by atoms with van der Waals surface area (Å²) in [6, 6.07) is 0. The van der Waals surface area contributed by atoms with E-state index in [0.29, 0.717) is 18.9 Å². The Morgan fingerprint density at radius 2 is 2.27 bits per heavy atom. The molecule has 2 N–H and O–H groups in total. The van der Waals surface area contributed by atoms with E-state index in [1.54, 1.807) is 0 Å². The van der Waals surface area contributed by atoms with Gasteiger partial charge in [0.25, 0.3) is 0 Å². The summed E-state index contributed by atoms with van der Waals surface area (Å²) in [5, 5.41) is 12.5. The van der Waals surface area contributed by atoms with Crippen molar-refractivity contribution in [3.8, 4) is 0 Å². The van der Waals surface area contributed by atoms with E-state index in [1.165, 1.54) is 0 Å². The molecule has 1 aliphatic heterocycles. The van der Waals surface area contributed by atoms with Crippen molar-refractivity contribution in [1.82, 2.24) is 5.32 Å². The summed E-state index contributed by atoms with van der Waals surface area (Å²) in [5.41, 5.74) is 0. The molecule has 0 radical (unpaired) electrons. The maximum Gasteiger partial charge on any atom is 0.0897 e. The highest BCUT2D eigenvalue weighted by Crippen LogP contribution is 2.21. The summed E-state index contributed by atoms with van der Waals surface area (Å²) >= 11 is 0. The topological polar surface area (TPSA) is 32.3 Å². The Hall–Kier alpha value is -0.150. The molecule has 66 valence electrons. The first-order valence-corrected chi connectivity index (χ1v) is 4.20. The smallest absolute Gasteiger partial charge is 0.0897 e. The number of β-amino-alcohol motifs (C(OH)–C–C–N with tert-alkyl or cyclic N) is 1. The normalized spacial score (nSPS) is 39.0. The van der Waals surface area contributed by atoms with Crippen LogP contribution in [0.5, 0.6) is 0 Å². The highest BCUT2D eigenvalue weighted by molar-refractivity contribution is 4.81. The zero-order valence-corrected chi connectivity index (χ0v) is 6.89. The molecule has 1 heterocycles. The van der Waals surface area contributed by atoms with Crippen LogP contribution in [0, 0.1) is 11.8 Å². The zero-order valence-electron chi connectivity index (χ0n) is 6.89. The minimum atomic E-state index is -0.291. The van der Waals surface area contributed by atoms with Crippen LogP contribution in [0.1, 0.15) is 13.3 Å². The Morgan fingerprint density at radius 1 is 1.55 bits per heavy atom. The van der Waals surface area contributed by atoms with E-state index < -0.39 is 0 Å². The molecule has 0 saturated carbocycles. The summed E-state index contributed by atoms with van der Waals surface area (Å²) in [6.45, 7) is 3.22. The van der Waals surface area contributed by atoms with E-state index in [0.717, 1.165) is 6.54 Å². The fourth-order valence-corrected chi connectivity index (χ4v) is 1.61. The summed E-state index contributed by atoms with van der Waals surface area (Å²) in [6.07, 6.45) is 0.283. The first-order chi connectivity index (χ1) is 5.25. The van der Waals surface area contributed by atoms with Gasteiger partial charge < -0.3 is 10.4 Å². The predicted molar refractivity (Wildman–Crippen MR) is 42.1 cm³/mol. The highest BCUT2D eigenvalue weighted by Gasteiger charge is 2.27. The molecular formula is C8H16FNO. The molecule has 0 aliphatic carbocycles. The Labute approximate surface area is 66.8 Å². The molecular weight excluding hydrogens is 145 g/mol. The lowest BCUT2D eigenvalue weighted by Crippen LogP contribution is -2.45. The maximum atomic E-state index is 12.0. The molecule has 3 heteroatoms. The molecule has 1 rings (SSSR count). The minimum absolute atomic E-state index is 0.243. The van der Waals surface area contributed by atoms with Crippen LogP contribution < -0.4 is 5.32 Å². The van der Waals surface area contributed by atoms with Crippen LogP contribution in [0.15, 0.2) is 0 Å². The SMILES string of the molecule is C[C@@H]1[C@@H](CCF)CNC[C@H]1O. The van der Waals surface area contributed by atoms with Crippen molar-refractivity contribution in [2.75, 3.05) is 19.8 Å². The van der Waals surface area contributed by atoms with E-state index in [-0.39, 0.29) is 18.7 Å². The van der Waals surface area contributed by atoms with Gasteiger partial charge in [-0.15, -0.1) is 0 Å². The van der Waals surface area contributed by atoms with E-state index in [1.807, 2.05) is 6.92 Å². The van der Waals surface area contributed by atoms with Crippen LogP contribution in [0.4, 0.5) is 4.39 Å². The summed E-state index contributed by atoms with van der Waals surface area (Å²) in [4.78, 5) is 0. The second-order valence-corrected chi connectivity index (χ2v) is 3.32. The van der Waals surface area contributed by atoms with Crippen molar-refractivity contribution >= 4 is 0 Å². The van der Waals surface area contributed by atoms with Crippen molar-refractivity contribution in [2.45, 2.75) is 19.4 Å². The molecule has 3 atom stereocenters. The quantitative estimate of drug-likeness (QED) is 0.620. The Kier molecular flexibility index (Phi) is 3.27. The molecule has 1 fully saturated rings. The first kappa shape index (κ1) is 8.94. The number of halogens is 1. The number of hydrogen-bond acceptors (Lipinski definition) is 2. The van der Waals surface area contributed by atoms with Gasteiger partial charge in [0, 0.05) is 6.54 Å². The Bertz CT molecular complexity index is 119. The van der Waals surface area contributed by atoms with Crippen molar-refractivity contribution in [1.29, 1.82) is 0 Å². The summed E-state index contributed by atoms with van der Waals surface area (Å²) < 4.78 is 12.0. The third-order valence-corrected chi connectivity index (χ3v) is 2.59. The number of alkyl halides is 1. The van der Waals surface area contributed by atoms with Gasteiger partial charge >= 0.3 is 0 Å². The zero-order chi connectivity index (χ0) is 8.27. The lowest BCUT2D eigenvalue weighted by molar-refractivity contribution is 0.0503. The number of piperidine rings is 1. The van der Waals surface area contributed by atoms with Crippen LogP contribution in [-0.4, -0.2) is 31.0 Å². The third-order valence-electron chi connectivity index (χ3n) is 2.59. The average molecular weight is 161 g/mol. The first-order valence-electron chi connectivity index (χ1n) is 4.20. The lowest BCUT2D eigenvalue weighted by atomic mass is 9.84. The molecule has 2 nitrogen and oxygen atoms in total. The summed E-state index contributed by atoms with van der Waals surface area (Å²) in [5.74, 6) is 0.552. The number of aliphatic hydroxyl groups excluding tert-OH is 1. The van der Waals surface area contributed by atoms with Crippen molar-refractivity contribution in [2.24, 2.45) is 11.8 Å². The number of hydrogen-bond donors (Lipinski definition) is 2. The molecule has 0 aromatic heterocycles. The van der Waals surface area contributed by atoms with Crippen LogP contribution >= 0.6 is 0 Å². The summed E-state index contributed by atoms with van der Waals surface area (Å²) in [7, 11) is 0. The largest absolute Gasteiger partial charge is 0.392 e. The molecule has 0 unspecified atom stereocenters. The van der Waals surface area contributed by atoms with Crippen LogP contribution in [0.25, 0.3) is 0 Å². The molecule has 1 aliphatic rings. The van der Waals surface area contributed by atoms with E-state index in [9.17, 15) is 9.50 Å². The molecule has 0 spiro atoms.